The van der Waals surface area contributed by atoms with Crippen molar-refractivity contribution in [3.8, 4) is 11.5 Å². The molecule has 2 aromatic heterocycles. The van der Waals surface area contributed by atoms with Crippen molar-refractivity contribution in [3.63, 3.8) is 0 Å². The Morgan fingerprint density at radius 1 is 1.38 bits per heavy atom. The molecule has 0 aliphatic carbocycles. The molecule has 3 heterocycles. The van der Waals surface area contributed by atoms with Crippen LogP contribution in [-0.4, -0.2) is 42.0 Å². The summed E-state index contributed by atoms with van der Waals surface area (Å²) in [6, 6.07) is 6.88. The number of amides is 1. The molecule has 21 heavy (non-hydrogen) atoms. The van der Waals surface area contributed by atoms with Gasteiger partial charge in [0.05, 0.1) is 12.0 Å². The van der Waals surface area contributed by atoms with Crippen LogP contribution in [0.4, 0.5) is 0 Å². The van der Waals surface area contributed by atoms with Gasteiger partial charge in [0, 0.05) is 19.6 Å². The summed E-state index contributed by atoms with van der Waals surface area (Å²) in [4.78, 5) is 28.9. The van der Waals surface area contributed by atoms with Gasteiger partial charge in [-0.3, -0.25) is 9.59 Å². The van der Waals surface area contributed by atoms with E-state index < -0.39 is 5.56 Å². The molecule has 3 rings (SSSR count). The maximum Gasteiger partial charge on any atom is 0.261 e. The minimum absolute atomic E-state index is 0.140. The summed E-state index contributed by atoms with van der Waals surface area (Å²) >= 11 is 0. The molecule has 1 aliphatic heterocycles. The van der Waals surface area contributed by atoms with E-state index in [1.54, 1.807) is 36.2 Å². The first-order chi connectivity index (χ1) is 10.2. The summed E-state index contributed by atoms with van der Waals surface area (Å²) in [5, 5.41) is 3.21. The van der Waals surface area contributed by atoms with E-state index in [9.17, 15) is 9.59 Å². The Labute approximate surface area is 121 Å². The van der Waals surface area contributed by atoms with Crippen LogP contribution in [0.2, 0.25) is 0 Å². The van der Waals surface area contributed by atoms with E-state index in [1.165, 1.54) is 6.26 Å². The number of hydrogen-bond donors (Lipinski definition) is 2. The number of carbonyl (C=O) groups is 1. The highest BCUT2D eigenvalue weighted by Gasteiger charge is 2.25. The van der Waals surface area contributed by atoms with Gasteiger partial charge in [-0.1, -0.05) is 0 Å². The number of H-pyrrole nitrogens is 1. The number of nitrogens with one attached hydrogen (secondary N) is 2. The van der Waals surface area contributed by atoms with Crippen molar-refractivity contribution in [3.05, 3.63) is 46.4 Å². The van der Waals surface area contributed by atoms with Crippen LogP contribution in [-0.2, 0) is 0 Å². The van der Waals surface area contributed by atoms with Crippen molar-refractivity contribution >= 4 is 5.91 Å². The number of rotatable bonds is 3. The van der Waals surface area contributed by atoms with Crippen molar-refractivity contribution in [2.45, 2.75) is 12.5 Å². The predicted octanol–water partition coefficient (Wildman–Crippen LogP) is 1.07. The number of furan rings is 1. The highest BCUT2D eigenvalue weighted by atomic mass is 16.3. The van der Waals surface area contributed by atoms with Gasteiger partial charge in [0.2, 0.25) is 0 Å². The molecule has 1 atom stereocenters. The van der Waals surface area contributed by atoms with Gasteiger partial charge in [-0.2, -0.15) is 0 Å². The smallest absolute Gasteiger partial charge is 0.261 e. The highest BCUT2D eigenvalue weighted by Crippen LogP contribution is 2.16. The van der Waals surface area contributed by atoms with E-state index in [1.807, 2.05) is 0 Å². The quantitative estimate of drug-likeness (QED) is 0.885. The van der Waals surface area contributed by atoms with Crippen LogP contribution in [0.3, 0.4) is 0 Å². The first kappa shape index (κ1) is 13.6. The summed E-state index contributed by atoms with van der Waals surface area (Å²) < 4.78 is 5.23. The summed E-state index contributed by atoms with van der Waals surface area (Å²) in [6.07, 6.45) is 2.44. The highest BCUT2D eigenvalue weighted by molar-refractivity contribution is 5.94. The lowest BCUT2D eigenvalue weighted by molar-refractivity contribution is 0.0742. The summed E-state index contributed by atoms with van der Waals surface area (Å²) in [7, 11) is 1.74. The Hall–Kier alpha value is -2.34. The zero-order chi connectivity index (χ0) is 14.8. The third-order valence-corrected chi connectivity index (χ3v) is 3.83. The van der Waals surface area contributed by atoms with Crippen LogP contribution in [0, 0.1) is 0 Å². The number of likely N-dealkylation sites (N-methyl/N-ethyl adjacent to an activating group) is 1. The summed E-state index contributed by atoms with van der Waals surface area (Å²) in [5.74, 6) is 0.315. The van der Waals surface area contributed by atoms with Gasteiger partial charge in [0.25, 0.3) is 11.5 Å². The molecule has 1 amide bonds. The Kier molecular flexibility index (Phi) is 3.62. The lowest BCUT2D eigenvalue weighted by Gasteiger charge is -2.23. The minimum Gasteiger partial charge on any atom is -0.463 e. The zero-order valence-electron chi connectivity index (χ0n) is 11.8. The van der Waals surface area contributed by atoms with Crippen molar-refractivity contribution in [2.75, 3.05) is 20.1 Å². The molecule has 0 spiro atoms. The third kappa shape index (κ3) is 2.62. The molecule has 6 heteroatoms. The maximum absolute atomic E-state index is 12.4. The number of hydrogen-bond acceptors (Lipinski definition) is 4. The largest absolute Gasteiger partial charge is 0.463 e. The molecule has 1 fully saturated rings. The van der Waals surface area contributed by atoms with E-state index in [4.69, 9.17) is 4.42 Å². The Morgan fingerprint density at radius 3 is 2.86 bits per heavy atom. The topological polar surface area (TPSA) is 78.3 Å². The second-order valence-corrected chi connectivity index (χ2v) is 5.15. The van der Waals surface area contributed by atoms with E-state index in [2.05, 4.69) is 10.3 Å². The summed E-state index contributed by atoms with van der Waals surface area (Å²) in [6.45, 7) is 1.67. The molecular formula is C15H17N3O3. The second-order valence-electron chi connectivity index (χ2n) is 5.15. The molecule has 1 aliphatic rings. The Bertz CT molecular complexity index is 684. The molecular weight excluding hydrogens is 270 g/mol. The maximum atomic E-state index is 12.4. The number of aromatic nitrogens is 1. The lowest BCUT2D eigenvalue weighted by atomic mass is 10.1. The lowest BCUT2D eigenvalue weighted by Crippen LogP contribution is -2.40. The van der Waals surface area contributed by atoms with Gasteiger partial charge in [0.1, 0.15) is 11.3 Å². The van der Waals surface area contributed by atoms with Gasteiger partial charge in [-0.05, 0) is 37.2 Å². The average Bonchev–Trinajstić information content (AvgIpc) is 3.18. The average molecular weight is 287 g/mol. The molecule has 1 unspecified atom stereocenters. The van der Waals surface area contributed by atoms with Gasteiger partial charge in [0.15, 0.2) is 0 Å². The van der Waals surface area contributed by atoms with Crippen LogP contribution >= 0.6 is 0 Å². The molecule has 0 bridgehead atoms. The van der Waals surface area contributed by atoms with Gasteiger partial charge < -0.3 is 19.6 Å². The molecule has 0 aromatic carbocycles. The zero-order valence-corrected chi connectivity index (χ0v) is 11.8. The SMILES string of the molecule is CN(C(=O)c1ccc(-c2ccco2)[nH]c1=O)C1CCNC1. The van der Waals surface area contributed by atoms with Gasteiger partial charge in [-0.25, -0.2) is 0 Å². The number of carbonyl (C=O) groups excluding carboxylic acids is 1. The second kappa shape index (κ2) is 5.57. The van der Waals surface area contributed by atoms with E-state index in [-0.39, 0.29) is 17.5 Å². The molecule has 0 radical (unpaired) electrons. The fraction of sp³-hybridized carbons (Fsp3) is 0.333. The van der Waals surface area contributed by atoms with Crippen molar-refractivity contribution < 1.29 is 9.21 Å². The van der Waals surface area contributed by atoms with Crippen LogP contribution in [0.5, 0.6) is 0 Å². The van der Waals surface area contributed by atoms with E-state index in [0.29, 0.717) is 11.5 Å². The van der Waals surface area contributed by atoms with Crippen molar-refractivity contribution in [2.24, 2.45) is 0 Å². The first-order valence-corrected chi connectivity index (χ1v) is 6.92. The van der Waals surface area contributed by atoms with E-state index >= 15 is 0 Å². The Balaban J connectivity index is 1.85. The normalized spacial score (nSPS) is 17.9. The number of nitrogens with zero attached hydrogens (tertiary/aromatic N) is 1. The minimum atomic E-state index is -0.397. The number of aromatic amines is 1. The first-order valence-electron chi connectivity index (χ1n) is 6.92. The van der Waals surface area contributed by atoms with Crippen LogP contribution < -0.4 is 10.9 Å². The van der Waals surface area contributed by atoms with Crippen molar-refractivity contribution in [1.29, 1.82) is 0 Å². The fourth-order valence-electron chi connectivity index (χ4n) is 2.54. The molecule has 2 N–H and O–H groups in total. The summed E-state index contributed by atoms with van der Waals surface area (Å²) in [5.41, 5.74) is 0.318. The standard InChI is InChI=1S/C15H17N3O3/c1-18(10-6-7-16-9-10)15(20)11-4-5-12(17-14(11)19)13-3-2-8-21-13/h2-5,8,10,16H,6-7,9H2,1H3,(H,17,19). The monoisotopic (exact) mass is 287 g/mol. The molecule has 0 saturated carbocycles. The van der Waals surface area contributed by atoms with Crippen LogP contribution in [0.25, 0.3) is 11.5 Å². The molecule has 1 saturated heterocycles. The van der Waals surface area contributed by atoms with Crippen molar-refractivity contribution in [1.82, 2.24) is 15.2 Å². The number of pyridine rings is 1. The molecule has 2 aromatic rings. The van der Waals surface area contributed by atoms with Crippen LogP contribution in [0.1, 0.15) is 16.8 Å². The predicted molar refractivity (Wildman–Crippen MR) is 78.1 cm³/mol. The van der Waals surface area contributed by atoms with Crippen LogP contribution in [0.15, 0.2) is 39.7 Å². The third-order valence-electron chi connectivity index (χ3n) is 3.83. The molecule has 6 nitrogen and oxygen atoms in total. The van der Waals surface area contributed by atoms with Gasteiger partial charge >= 0.3 is 0 Å². The fourth-order valence-corrected chi connectivity index (χ4v) is 2.54. The van der Waals surface area contributed by atoms with E-state index in [0.717, 1.165) is 19.5 Å². The Morgan fingerprint density at radius 2 is 2.24 bits per heavy atom. The molecule has 110 valence electrons. The van der Waals surface area contributed by atoms with Gasteiger partial charge in [-0.15, -0.1) is 0 Å².